The summed E-state index contributed by atoms with van der Waals surface area (Å²) in [6.07, 6.45) is 0. The predicted molar refractivity (Wildman–Crippen MR) is 226 cm³/mol. The fourth-order valence-corrected chi connectivity index (χ4v) is 7.94. The standard InChI is InChI=1S/C38H36N8O15S3/c1-20-15-33(63(54,55)56)21(2)14-28(20)40-41-29-18-32(61-13-11-48)30(19-31(29)60-12-10-47)42-44-36-34(64(57,58)59)17-23-16-24(4-9-27(23)37(36)49)39-43-35-22(3)45-46(38(35)50)25-5-7-26(8-6-25)62(51,52)53/h4-9,14-19,45,47-49H,10-13H2,1-3H3,(H,51,52,53)(H,54,55,56)(H,57,58,59). The van der Waals surface area contributed by atoms with Crippen molar-refractivity contribution in [3.63, 3.8) is 0 Å². The zero-order chi connectivity index (χ0) is 46.7. The Labute approximate surface area is 363 Å². The molecule has 1 aromatic heterocycles. The van der Waals surface area contributed by atoms with Gasteiger partial charge in [0.05, 0.1) is 45.8 Å². The first-order valence-electron chi connectivity index (χ1n) is 18.3. The molecule has 0 aliphatic carbocycles. The molecule has 6 rings (SSSR count). The maximum absolute atomic E-state index is 13.2. The van der Waals surface area contributed by atoms with Crippen molar-refractivity contribution in [2.24, 2.45) is 30.7 Å². The van der Waals surface area contributed by atoms with E-state index in [9.17, 15) is 59.0 Å². The SMILES string of the molecule is Cc1cc(S(=O)(=O)O)c(C)cc1N=Nc1cc(OCCO)c(N=Nc2c(S(=O)(=O)O)cc3cc(N=Nc4c(C)[nH]n(-c5ccc(S(=O)(=O)O)cc5)c4=O)ccc3c2O)cc1OCCO. The van der Waals surface area contributed by atoms with Crippen LogP contribution < -0.4 is 15.0 Å². The molecular formula is C38H36N8O15S3. The highest BCUT2D eigenvalue weighted by atomic mass is 32.2. The highest BCUT2D eigenvalue weighted by Gasteiger charge is 2.24. The van der Waals surface area contributed by atoms with Gasteiger partial charge in [0.15, 0.2) is 11.4 Å². The molecule has 6 aromatic rings. The number of fused-ring (bicyclic) bond motifs is 1. The zero-order valence-electron chi connectivity index (χ0n) is 33.5. The van der Waals surface area contributed by atoms with Gasteiger partial charge in [-0.2, -0.15) is 35.5 Å². The number of benzene rings is 5. The summed E-state index contributed by atoms with van der Waals surface area (Å²) in [7, 11) is -14.1. The van der Waals surface area contributed by atoms with Crippen LogP contribution in [-0.2, 0) is 30.4 Å². The van der Waals surface area contributed by atoms with Crippen molar-refractivity contribution in [3.8, 4) is 22.9 Å². The average Bonchev–Trinajstić information content (AvgIpc) is 3.51. The van der Waals surface area contributed by atoms with E-state index in [2.05, 4.69) is 35.8 Å². The van der Waals surface area contributed by atoms with Gasteiger partial charge < -0.3 is 24.8 Å². The van der Waals surface area contributed by atoms with Gasteiger partial charge in [-0.25, -0.2) is 4.68 Å². The molecule has 0 bridgehead atoms. The summed E-state index contributed by atoms with van der Waals surface area (Å²) in [6, 6.07) is 14.8. The van der Waals surface area contributed by atoms with Gasteiger partial charge in [0.25, 0.3) is 35.9 Å². The van der Waals surface area contributed by atoms with Crippen molar-refractivity contribution in [3.05, 3.63) is 100.0 Å². The second kappa shape index (κ2) is 18.5. The Morgan fingerprint density at radius 2 is 1.17 bits per heavy atom. The summed E-state index contributed by atoms with van der Waals surface area (Å²) in [4.78, 5) is 11.6. The number of azo groups is 3. The van der Waals surface area contributed by atoms with Crippen molar-refractivity contribution in [2.45, 2.75) is 35.5 Å². The number of ether oxygens (including phenoxy) is 2. The number of H-pyrrole nitrogens is 1. The van der Waals surface area contributed by atoms with E-state index in [-0.39, 0.29) is 90.7 Å². The fraction of sp³-hybridized carbons (Fsp3) is 0.184. The summed E-state index contributed by atoms with van der Waals surface area (Å²) in [5.41, 5.74) is -0.416. The molecule has 0 spiro atoms. The third-order valence-corrected chi connectivity index (χ3v) is 11.8. The Morgan fingerprint density at radius 3 is 1.73 bits per heavy atom. The number of aromatic nitrogens is 2. The molecule has 7 N–H and O–H groups in total. The van der Waals surface area contributed by atoms with Crippen LogP contribution in [-0.4, -0.2) is 90.4 Å². The minimum Gasteiger partial charge on any atom is -0.505 e. The van der Waals surface area contributed by atoms with Gasteiger partial charge in [0.2, 0.25) is 0 Å². The van der Waals surface area contributed by atoms with Crippen LogP contribution in [0, 0.1) is 20.8 Å². The summed E-state index contributed by atoms with van der Waals surface area (Å²) in [6.45, 7) is 3.06. The zero-order valence-corrected chi connectivity index (χ0v) is 35.9. The molecule has 0 radical (unpaired) electrons. The lowest BCUT2D eigenvalue weighted by atomic mass is 10.1. The first-order chi connectivity index (χ1) is 30.1. The lowest BCUT2D eigenvalue weighted by molar-refractivity contribution is 0.198. The van der Waals surface area contributed by atoms with Crippen molar-refractivity contribution >= 4 is 75.3 Å². The van der Waals surface area contributed by atoms with Gasteiger partial charge in [-0.1, -0.05) is 0 Å². The number of phenols is 1. The number of aromatic hydroxyl groups is 1. The molecule has 0 saturated carbocycles. The fourth-order valence-electron chi connectivity index (χ4n) is 6.02. The minimum atomic E-state index is -5.12. The molecule has 64 heavy (non-hydrogen) atoms. The highest BCUT2D eigenvalue weighted by Crippen LogP contribution is 2.45. The van der Waals surface area contributed by atoms with Crippen LogP contribution in [0.1, 0.15) is 16.8 Å². The van der Waals surface area contributed by atoms with Crippen LogP contribution in [0.25, 0.3) is 16.5 Å². The topological polar surface area (TPSA) is 354 Å². The molecule has 23 nitrogen and oxygen atoms in total. The number of hydrogen-bond donors (Lipinski definition) is 7. The van der Waals surface area contributed by atoms with Crippen LogP contribution in [0.4, 0.5) is 34.1 Å². The third-order valence-electron chi connectivity index (χ3n) is 9.04. The van der Waals surface area contributed by atoms with Crippen molar-refractivity contribution < 1.29 is 63.7 Å². The Hall–Kier alpha value is -6.78. The molecule has 0 unspecified atom stereocenters. The number of nitrogens with zero attached hydrogens (tertiary/aromatic N) is 7. The molecule has 0 aliphatic heterocycles. The lowest BCUT2D eigenvalue weighted by Crippen LogP contribution is -2.14. The van der Waals surface area contributed by atoms with E-state index in [0.29, 0.717) is 5.56 Å². The van der Waals surface area contributed by atoms with Gasteiger partial charge in [-0.15, -0.1) is 20.5 Å². The van der Waals surface area contributed by atoms with Crippen LogP contribution in [0.3, 0.4) is 0 Å². The van der Waals surface area contributed by atoms with Gasteiger partial charge in [0, 0.05) is 17.5 Å². The molecule has 5 aromatic carbocycles. The van der Waals surface area contributed by atoms with E-state index in [1.165, 1.54) is 75.4 Å². The van der Waals surface area contributed by atoms with Gasteiger partial charge in [0.1, 0.15) is 46.7 Å². The van der Waals surface area contributed by atoms with E-state index in [4.69, 9.17) is 9.47 Å². The number of aliphatic hydroxyl groups is 2. The number of hydrogen-bond acceptors (Lipinski definition) is 18. The van der Waals surface area contributed by atoms with E-state index in [1.54, 1.807) is 0 Å². The Kier molecular flexibility index (Phi) is 13.5. The van der Waals surface area contributed by atoms with Crippen LogP contribution in [0.2, 0.25) is 0 Å². The third kappa shape index (κ3) is 10.4. The van der Waals surface area contributed by atoms with Gasteiger partial charge >= 0.3 is 0 Å². The maximum Gasteiger partial charge on any atom is 0.299 e. The highest BCUT2D eigenvalue weighted by molar-refractivity contribution is 7.86. The van der Waals surface area contributed by atoms with E-state index >= 15 is 0 Å². The first-order valence-corrected chi connectivity index (χ1v) is 22.6. The van der Waals surface area contributed by atoms with Crippen LogP contribution in [0.15, 0.2) is 123 Å². The maximum atomic E-state index is 13.2. The lowest BCUT2D eigenvalue weighted by Gasteiger charge is -2.13. The van der Waals surface area contributed by atoms with Crippen LogP contribution >= 0.6 is 0 Å². The number of aromatic amines is 1. The summed E-state index contributed by atoms with van der Waals surface area (Å²) >= 11 is 0. The number of phenolic OH excluding ortho intramolecular Hbond substituents is 1. The minimum absolute atomic E-state index is 0.0122. The molecule has 0 aliphatic rings. The molecule has 336 valence electrons. The normalized spacial score (nSPS) is 12.6. The second-order valence-corrected chi connectivity index (χ2v) is 17.8. The molecule has 26 heteroatoms. The van der Waals surface area contributed by atoms with E-state index < -0.39 is 65.5 Å². The second-order valence-electron chi connectivity index (χ2n) is 13.6. The Bertz CT molecular complexity index is 3300. The number of aryl methyl sites for hydroxylation is 3. The molecule has 0 fully saturated rings. The first kappa shape index (κ1) is 46.7. The molecular weight excluding hydrogens is 905 g/mol. The molecule has 1 heterocycles. The van der Waals surface area contributed by atoms with Crippen molar-refractivity contribution in [1.29, 1.82) is 0 Å². The van der Waals surface area contributed by atoms with Crippen molar-refractivity contribution in [2.75, 3.05) is 26.4 Å². The molecule has 0 saturated heterocycles. The number of aliphatic hydroxyl groups excluding tert-OH is 2. The smallest absolute Gasteiger partial charge is 0.299 e. The van der Waals surface area contributed by atoms with E-state index in [1.807, 2.05) is 0 Å². The largest absolute Gasteiger partial charge is 0.505 e. The average molecular weight is 941 g/mol. The van der Waals surface area contributed by atoms with Gasteiger partial charge in [-0.3, -0.25) is 23.6 Å². The number of nitrogens with one attached hydrogen (secondary N) is 1. The van der Waals surface area contributed by atoms with Gasteiger partial charge in [-0.05, 0) is 97.9 Å². The summed E-state index contributed by atoms with van der Waals surface area (Å²) < 4.78 is 113. The predicted octanol–water partition coefficient (Wildman–Crippen LogP) is 6.68. The summed E-state index contributed by atoms with van der Waals surface area (Å²) in [5, 5.41) is 57.7. The monoisotopic (exact) mass is 940 g/mol. The Balaban J connectivity index is 1.37. The number of rotatable bonds is 16. The van der Waals surface area contributed by atoms with E-state index in [0.717, 1.165) is 22.9 Å². The van der Waals surface area contributed by atoms with Crippen LogP contribution in [0.5, 0.6) is 17.2 Å². The summed E-state index contributed by atoms with van der Waals surface area (Å²) in [5.74, 6) is -0.914. The molecule has 0 atom stereocenters. The van der Waals surface area contributed by atoms with Crippen molar-refractivity contribution in [1.82, 2.24) is 9.78 Å². The molecule has 0 amide bonds. The quantitative estimate of drug-likeness (QED) is 0.0393. The Morgan fingerprint density at radius 1 is 0.609 bits per heavy atom.